The summed E-state index contributed by atoms with van der Waals surface area (Å²) in [6.45, 7) is 4.11. The fraction of sp³-hybridized carbons (Fsp3) is 0.368. The zero-order valence-electron chi connectivity index (χ0n) is 15.8. The highest BCUT2D eigenvalue weighted by Gasteiger charge is 2.25. The summed E-state index contributed by atoms with van der Waals surface area (Å²) in [4.78, 5) is 25.0. The maximum absolute atomic E-state index is 13.6. The monoisotopic (exact) mass is 384 g/mol. The number of aromatic nitrogens is 4. The van der Waals surface area contributed by atoms with Crippen LogP contribution >= 0.6 is 0 Å². The third-order valence-corrected chi connectivity index (χ3v) is 4.89. The van der Waals surface area contributed by atoms with Crippen molar-refractivity contribution in [3.63, 3.8) is 0 Å². The van der Waals surface area contributed by atoms with Crippen molar-refractivity contribution in [1.82, 2.24) is 24.6 Å². The van der Waals surface area contributed by atoms with Gasteiger partial charge in [-0.1, -0.05) is 12.1 Å². The molecule has 1 fully saturated rings. The van der Waals surface area contributed by atoms with E-state index >= 15 is 0 Å². The van der Waals surface area contributed by atoms with Gasteiger partial charge in [0.2, 0.25) is 0 Å². The second-order valence-corrected chi connectivity index (χ2v) is 6.69. The minimum absolute atomic E-state index is 0.0874. The molecule has 0 saturated carbocycles. The molecule has 0 aliphatic carbocycles. The van der Waals surface area contributed by atoms with E-state index < -0.39 is 5.82 Å². The summed E-state index contributed by atoms with van der Waals surface area (Å²) in [7, 11) is 1.88. The fourth-order valence-electron chi connectivity index (χ4n) is 3.45. The Morgan fingerprint density at radius 3 is 2.68 bits per heavy atom. The van der Waals surface area contributed by atoms with E-state index in [1.54, 1.807) is 28.0 Å². The highest BCUT2D eigenvalue weighted by molar-refractivity contribution is 5.88. The smallest absolute Gasteiger partial charge is 0.260 e. The lowest BCUT2D eigenvalue weighted by atomic mass is 10.2. The zero-order valence-corrected chi connectivity index (χ0v) is 15.8. The van der Waals surface area contributed by atoms with Crippen LogP contribution in [0.25, 0.3) is 11.0 Å². The number of nitrogens with zero attached hydrogens (tertiary/aromatic N) is 6. The Morgan fingerprint density at radius 1 is 1.18 bits per heavy atom. The summed E-state index contributed by atoms with van der Waals surface area (Å²) in [5, 5.41) is 4.42. The molecular weight excluding hydrogens is 363 g/mol. The predicted octanol–water partition coefficient (Wildman–Crippen LogP) is 1.54. The second kappa shape index (κ2) is 7.41. The highest BCUT2D eigenvalue weighted by atomic mass is 19.1. The Kier molecular flexibility index (Phi) is 4.81. The average Bonchev–Trinajstić information content (AvgIpc) is 3.01. The number of ether oxygens (including phenoxy) is 1. The predicted molar refractivity (Wildman–Crippen MR) is 102 cm³/mol. The largest absolute Gasteiger partial charge is 0.481 e. The Labute approximate surface area is 161 Å². The summed E-state index contributed by atoms with van der Waals surface area (Å²) in [6, 6.07) is 6.07. The van der Waals surface area contributed by atoms with Gasteiger partial charge in [-0.2, -0.15) is 5.10 Å². The summed E-state index contributed by atoms with van der Waals surface area (Å²) in [5.74, 6) is 0.277. The van der Waals surface area contributed by atoms with Crippen molar-refractivity contribution in [2.75, 3.05) is 37.7 Å². The van der Waals surface area contributed by atoms with E-state index in [2.05, 4.69) is 20.0 Å². The number of anilines is 1. The van der Waals surface area contributed by atoms with E-state index in [1.165, 1.54) is 12.1 Å². The van der Waals surface area contributed by atoms with Gasteiger partial charge in [-0.15, -0.1) is 0 Å². The molecule has 8 nitrogen and oxygen atoms in total. The molecular formula is C19H21FN6O2. The minimum atomic E-state index is -0.473. The van der Waals surface area contributed by atoms with E-state index in [0.29, 0.717) is 26.2 Å². The number of aryl methyl sites for hydroxylation is 2. The molecule has 1 aromatic carbocycles. The first-order valence-electron chi connectivity index (χ1n) is 9.09. The number of carbonyl (C=O) groups is 1. The number of hydrogen-bond acceptors (Lipinski definition) is 6. The molecule has 9 heteroatoms. The summed E-state index contributed by atoms with van der Waals surface area (Å²) >= 11 is 0. The van der Waals surface area contributed by atoms with Gasteiger partial charge in [-0.3, -0.25) is 9.48 Å². The van der Waals surface area contributed by atoms with Crippen LogP contribution in [0.1, 0.15) is 5.69 Å². The molecule has 146 valence electrons. The number of carbonyl (C=O) groups excluding carboxylic acids is 1. The van der Waals surface area contributed by atoms with Crippen molar-refractivity contribution in [3.05, 3.63) is 42.1 Å². The maximum Gasteiger partial charge on any atom is 0.260 e. The molecule has 1 saturated heterocycles. The van der Waals surface area contributed by atoms with Gasteiger partial charge >= 0.3 is 0 Å². The molecule has 1 amide bonds. The number of benzene rings is 1. The fourth-order valence-corrected chi connectivity index (χ4v) is 3.45. The molecule has 28 heavy (non-hydrogen) atoms. The summed E-state index contributed by atoms with van der Waals surface area (Å²) < 4.78 is 20.7. The molecule has 0 unspecified atom stereocenters. The van der Waals surface area contributed by atoms with E-state index in [9.17, 15) is 9.18 Å². The molecule has 0 radical (unpaired) electrons. The summed E-state index contributed by atoms with van der Waals surface area (Å²) in [5.41, 5.74) is 2.59. The molecule has 0 atom stereocenters. The van der Waals surface area contributed by atoms with Crippen molar-refractivity contribution < 1.29 is 13.9 Å². The van der Waals surface area contributed by atoms with E-state index in [0.717, 1.165) is 22.5 Å². The Morgan fingerprint density at radius 2 is 1.93 bits per heavy atom. The van der Waals surface area contributed by atoms with Gasteiger partial charge in [0.15, 0.2) is 24.0 Å². The molecule has 0 N–H and O–H groups in total. The van der Waals surface area contributed by atoms with E-state index in [4.69, 9.17) is 4.74 Å². The van der Waals surface area contributed by atoms with E-state index in [-0.39, 0.29) is 18.3 Å². The number of amides is 1. The quantitative estimate of drug-likeness (QED) is 0.679. The average molecular weight is 384 g/mol. The topological polar surface area (TPSA) is 76.4 Å². The standard InChI is InChI=1S/C19H21FN6O2/c1-13-17-18(24(2)23-13)19(22-12-21-17)26-9-7-25(8-10-26)16(27)11-28-15-6-4-3-5-14(15)20/h3-6,12H,7-11H2,1-2H3. The van der Waals surface area contributed by atoms with Gasteiger partial charge in [0, 0.05) is 33.2 Å². The number of hydrogen-bond donors (Lipinski definition) is 0. The normalized spacial score (nSPS) is 14.5. The van der Waals surface area contributed by atoms with Crippen LogP contribution in [0, 0.1) is 12.7 Å². The van der Waals surface area contributed by atoms with Gasteiger partial charge in [0.25, 0.3) is 5.91 Å². The number of piperazine rings is 1. The number of fused-ring (bicyclic) bond motifs is 1. The lowest BCUT2D eigenvalue weighted by molar-refractivity contribution is -0.133. The highest BCUT2D eigenvalue weighted by Crippen LogP contribution is 2.25. The van der Waals surface area contributed by atoms with Crippen LogP contribution in [0.3, 0.4) is 0 Å². The van der Waals surface area contributed by atoms with Crippen LogP contribution in [0.2, 0.25) is 0 Å². The number of halogens is 1. The van der Waals surface area contributed by atoms with Crippen LogP contribution in [0.5, 0.6) is 5.75 Å². The number of rotatable bonds is 4. The molecule has 0 bridgehead atoms. The first kappa shape index (κ1) is 18.1. The molecule has 0 spiro atoms. The van der Waals surface area contributed by atoms with Crippen molar-refractivity contribution in [2.45, 2.75) is 6.92 Å². The first-order chi connectivity index (χ1) is 13.5. The second-order valence-electron chi connectivity index (χ2n) is 6.69. The van der Waals surface area contributed by atoms with Crippen LogP contribution in [-0.4, -0.2) is 63.3 Å². The van der Waals surface area contributed by atoms with Crippen LogP contribution in [0.15, 0.2) is 30.6 Å². The lowest BCUT2D eigenvalue weighted by Gasteiger charge is -2.35. The Hall–Kier alpha value is -3.23. The molecule has 3 heterocycles. The van der Waals surface area contributed by atoms with Crippen molar-refractivity contribution in [3.8, 4) is 5.75 Å². The van der Waals surface area contributed by atoms with Crippen molar-refractivity contribution >= 4 is 22.8 Å². The zero-order chi connectivity index (χ0) is 19.7. The van der Waals surface area contributed by atoms with Crippen molar-refractivity contribution in [2.24, 2.45) is 7.05 Å². The first-order valence-corrected chi connectivity index (χ1v) is 9.09. The number of para-hydroxylation sites is 1. The van der Waals surface area contributed by atoms with Gasteiger partial charge in [-0.25, -0.2) is 14.4 Å². The molecule has 3 aromatic rings. The van der Waals surface area contributed by atoms with Gasteiger partial charge in [0.05, 0.1) is 5.69 Å². The third-order valence-electron chi connectivity index (χ3n) is 4.89. The Bertz CT molecular complexity index is 1010. The van der Waals surface area contributed by atoms with Gasteiger partial charge < -0.3 is 14.5 Å². The maximum atomic E-state index is 13.6. The van der Waals surface area contributed by atoms with Crippen LogP contribution in [0.4, 0.5) is 10.2 Å². The summed E-state index contributed by atoms with van der Waals surface area (Å²) in [6.07, 6.45) is 1.55. The molecule has 1 aliphatic heterocycles. The van der Waals surface area contributed by atoms with Crippen LogP contribution < -0.4 is 9.64 Å². The lowest BCUT2D eigenvalue weighted by Crippen LogP contribution is -2.50. The third kappa shape index (κ3) is 3.35. The molecule has 1 aliphatic rings. The van der Waals surface area contributed by atoms with Crippen LogP contribution in [-0.2, 0) is 11.8 Å². The van der Waals surface area contributed by atoms with Gasteiger partial charge in [-0.05, 0) is 19.1 Å². The Balaban J connectivity index is 1.40. The molecule has 4 rings (SSSR count). The molecule has 2 aromatic heterocycles. The van der Waals surface area contributed by atoms with E-state index in [1.807, 2.05) is 14.0 Å². The SMILES string of the molecule is Cc1nn(C)c2c(N3CCN(C(=O)COc4ccccc4F)CC3)ncnc12. The van der Waals surface area contributed by atoms with Crippen molar-refractivity contribution in [1.29, 1.82) is 0 Å². The van der Waals surface area contributed by atoms with Gasteiger partial charge in [0.1, 0.15) is 17.4 Å². The minimum Gasteiger partial charge on any atom is -0.481 e.